The van der Waals surface area contributed by atoms with Gasteiger partial charge in [0.1, 0.15) is 5.52 Å². The van der Waals surface area contributed by atoms with Gasteiger partial charge in [-0.05, 0) is 54.6 Å². The zero-order valence-corrected chi connectivity index (χ0v) is 14.1. The van der Waals surface area contributed by atoms with Crippen LogP contribution in [0.4, 0.5) is 10.1 Å². The Kier molecular flexibility index (Phi) is 4.14. The predicted molar refractivity (Wildman–Crippen MR) is 99.8 cm³/mol. The smallest absolute Gasteiger partial charge is 0.227 e. The summed E-state index contributed by atoms with van der Waals surface area (Å²) in [7, 11) is 0. The number of nitrogens with zero attached hydrogens (tertiary/aromatic N) is 2. The molecule has 0 spiro atoms. The first-order valence-electron chi connectivity index (χ1n) is 7.78. The van der Waals surface area contributed by atoms with E-state index in [1.165, 1.54) is 18.3 Å². The number of phenols is 1. The van der Waals surface area contributed by atoms with Crippen LogP contribution >= 0.6 is 11.6 Å². The van der Waals surface area contributed by atoms with Gasteiger partial charge < -0.3 is 9.52 Å². The summed E-state index contributed by atoms with van der Waals surface area (Å²) in [4.78, 5) is 8.74. The van der Waals surface area contributed by atoms with Crippen molar-refractivity contribution in [2.45, 2.75) is 0 Å². The van der Waals surface area contributed by atoms with Crippen LogP contribution in [0.15, 0.2) is 70.1 Å². The molecule has 1 aromatic heterocycles. The number of aliphatic imine (C=N–C) groups is 1. The van der Waals surface area contributed by atoms with Gasteiger partial charge in [-0.2, -0.15) is 0 Å². The van der Waals surface area contributed by atoms with Crippen LogP contribution in [0.1, 0.15) is 5.56 Å². The maximum Gasteiger partial charge on any atom is 0.227 e. The molecule has 128 valence electrons. The van der Waals surface area contributed by atoms with E-state index in [1.54, 1.807) is 36.4 Å². The molecule has 0 radical (unpaired) electrons. The van der Waals surface area contributed by atoms with Crippen molar-refractivity contribution in [1.29, 1.82) is 0 Å². The molecule has 4 aromatic rings. The summed E-state index contributed by atoms with van der Waals surface area (Å²) in [6.45, 7) is 0. The van der Waals surface area contributed by atoms with Crippen molar-refractivity contribution in [1.82, 2.24) is 4.98 Å². The number of phenolic OH excluding ortho intramolecular Hbond substituents is 1. The third-order valence-electron chi connectivity index (χ3n) is 3.83. The Labute approximate surface area is 153 Å². The summed E-state index contributed by atoms with van der Waals surface area (Å²) in [5.74, 6) is -0.627. The van der Waals surface area contributed by atoms with Gasteiger partial charge in [-0.3, -0.25) is 4.99 Å². The first-order chi connectivity index (χ1) is 12.6. The fourth-order valence-corrected chi connectivity index (χ4v) is 2.62. The summed E-state index contributed by atoms with van der Waals surface area (Å²) in [5.41, 5.74) is 3.00. The second kappa shape index (κ2) is 6.61. The molecule has 4 rings (SSSR count). The van der Waals surface area contributed by atoms with Gasteiger partial charge in [0.2, 0.25) is 5.89 Å². The monoisotopic (exact) mass is 366 g/mol. The van der Waals surface area contributed by atoms with Crippen LogP contribution in [-0.2, 0) is 0 Å². The number of hydrogen-bond donors (Lipinski definition) is 1. The third-order valence-corrected chi connectivity index (χ3v) is 4.08. The Morgan fingerprint density at radius 1 is 1.08 bits per heavy atom. The lowest BCUT2D eigenvalue weighted by molar-refractivity contribution is 0.431. The number of fused-ring (bicyclic) bond motifs is 1. The molecule has 0 aliphatic rings. The first kappa shape index (κ1) is 16.3. The van der Waals surface area contributed by atoms with E-state index in [0.29, 0.717) is 33.3 Å². The van der Waals surface area contributed by atoms with Gasteiger partial charge in [0.25, 0.3) is 0 Å². The molecule has 0 saturated heterocycles. The molecule has 0 aliphatic heterocycles. The SMILES string of the molecule is Oc1c(F)cccc1C=Nc1ccc2oc(-c3ccc(Cl)cc3)nc2c1. The highest BCUT2D eigenvalue weighted by Gasteiger charge is 2.09. The van der Waals surface area contributed by atoms with Crippen LogP contribution in [0.25, 0.3) is 22.6 Å². The Morgan fingerprint density at radius 2 is 1.88 bits per heavy atom. The van der Waals surface area contributed by atoms with Crippen molar-refractivity contribution in [3.05, 3.63) is 77.1 Å². The lowest BCUT2D eigenvalue weighted by atomic mass is 10.2. The van der Waals surface area contributed by atoms with E-state index >= 15 is 0 Å². The van der Waals surface area contributed by atoms with Crippen molar-refractivity contribution in [3.63, 3.8) is 0 Å². The number of hydrogen-bond acceptors (Lipinski definition) is 4. The molecule has 6 heteroatoms. The number of aromatic hydroxyl groups is 1. The topological polar surface area (TPSA) is 58.6 Å². The molecule has 0 atom stereocenters. The van der Waals surface area contributed by atoms with Crippen LogP contribution in [-0.4, -0.2) is 16.3 Å². The fourth-order valence-electron chi connectivity index (χ4n) is 2.49. The zero-order valence-electron chi connectivity index (χ0n) is 13.4. The molecule has 0 amide bonds. The van der Waals surface area contributed by atoms with Crippen LogP contribution < -0.4 is 0 Å². The zero-order chi connectivity index (χ0) is 18.1. The minimum Gasteiger partial charge on any atom is -0.504 e. The van der Waals surface area contributed by atoms with E-state index < -0.39 is 11.6 Å². The molecule has 1 heterocycles. The minimum absolute atomic E-state index is 0.298. The average Bonchev–Trinajstić information content (AvgIpc) is 3.07. The van der Waals surface area contributed by atoms with E-state index in [9.17, 15) is 9.50 Å². The van der Waals surface area contributed by atoms with Crippen molar-refractivity contribution in [3.8, 4) is 17.2 Å². The molecule has 0 unspecified atom stereocenters. The summed E-state index contributed by atoms with van der Waals surface area (Å²) < 4.78 is 19.1. The van der Waals surface area contributed by atoms with Crippen LogP contribution in [0.3, 0.4) is 0 Å². The number of halogens is 2. The third kappa shape index (κ3) is 3.17. The molecule has 0 saturated carbocycles. The van der Waals surface area contributed by atoms with Gasteiger partial charge in [-0.1, -0.05) is 17.7 Å². The second-order valence-electron chi connectivity index (χ2n) is 5.61. The Bertz CT molecular complexity index is 1120. The van der Waals surface area contributed by atoms with Gasteiger partial charge in [-0.15, -0.1) is 0 Å². The lowest BCUT2D eigenvalue weighted by Crippen LogP contribution is -1.85. The maximum atomic E-state index is 13.4. The largest absolute Gasteiger partial charge is 0.504 e. The van der Waals surface area contributed by atoms with Gasteiger partial charge in [-0.25, -0.2) is 9.37 Å². The Morgan fingerprint density at radius 3 is 2.69 bits per heavy atom. The van der Waals surface area contributed by atoms with Crippen molar-refractivity contribution in [2.24, 2.45) is 4.99 Å². The standard InChI is InChI=1S/C20H12ClFN2O2/c21-14-6-4-12(5-7-14)20-24-17-10-15(8-9-18(17)26-20)23-11-13-2-1-3-16(22)19(13)25/h1-11,25H. The lowest BCUT2D eigenvalue weighted by Gasteiger charge is -1.99. The Hall–Kier alpha value is -3.18. The average molecular weight is 367 g/mol. The van der Waals surface area contributed by atoms with E-state index in [0.717, 1.165) is 5.56 Å². The summed E-state index contributed by atoms with van der Waals surface area (Å²) in [5, 5.41) is 10.3. The van der Waals surface area contributed by atoms with Crippen molar-refractivity contribution >= 4 is 34.6 Å². The van der Waals surface area contributed by atoms with Gasteiger partial charge >= 0.3 is 0 Å². The molecule has 0 bridgehead atoms. The normalized spacial score (nSPS) is 11.5. The fraction of sp³-hybridized carbons (Fsp3) is 0. The molecule has 0 aliphatic carbocycles. The quantitative estimate of drug-likeness (QED) is 0.470. The predicted octanol–water partition coefficient (Wildman–Crippen LogP) is 5.74. The number of oxazole rings is 1. The van der Waals surface area contributed by atoms with E-state index in [1.807, 2.05) is 12.1 Å². The van der Waals surface area contributed by atoms with E-state index in [2.05, 4.69) is 9.98 Å². The molecular weight excluding hydrogens is 355 g/mol. The first-order valence-corrected chi connectivity index (χ1v) is 8.16. The summed E-state index contributed by atoms with van der Waals surface area (Å²) >= 11 is 5.90. The number of benzene rings is 3. The molecule has 0 fully saturated rings. The molecule has 26 heavy (non-hydrogen) atoms. The molecular formula is C20H12ClFN2O2. The minimum atomic E-state index is -0.687. The maximum absolute atomic E-state index is 13.4. The Balaban J connectivity index is 1.66. The number of para-hydroxylation sites is 1. The van der Waals surface area contributed by atoms with E-state index in [-0.39, 0.29) is 0 Å². The van der Waals surface area contributed by atoms with Gasteiger partial charge in [0.15, 0.2) is 17.1 Å². The van der Waals surface area contributed by atoms with Crippen LogP contribution in [0, 0.1) is 5.82 Å². The highest BCUT2D eigenvalue weighted by atomic mass is 35.5. The summed E-state index contributed by atoms with van der Waals surface area (Å²) in [6, 6.07) is 16.8. The highest BCUT2D eigenvalue weighted by molar-refractivity contribution is 6.30. The summed E-state index contributed by atoms with van der Waals surface area (Å²) in [6.07, 6.45) is 1.40. The van der Waals surface area contributed by atoms with Crippen molar-refractivity contribution < 1.29 is 13.9 Å². The molecule has 4 nitrogen and oxygen atoms in total. The second-order valence-corrected chi connectivity index (χ2v) is 6.05. The van der Waals surface area contributed by atoms with Crippen LogP contribution in [0.2, 0.25) is 5.02 Å². The van der Waals surface area contributed by atoms with E-state index in [4.69, 9.17) is 16.0 Å². The molecule has 1 N–H and O–H groups in total. The number of rotatable bonds is 3. The van der Waals surface area contributed by atoms with Crippen LogP contribution in [0.5, 0.6) is 5.75 Å². The molecule has 3 aromatic carbocycles. The number of aromatic nitrogens is 1. The van der Waals surface area contributed by atoms with Crippen molar-refractivity contribution in [2.75, 3.05) is 0 Å². The van der Waals surface area contributed by atoms with Gasteiger partial charge in [0.05, 0.1) is 5.69 Å². The highest BCUT2D eigenvalue weighted by Crippen LogP contribution is 2.28. The van der Waals surface area contributed by atoms with Gasteiger partial charge in [0, 0.05) is 22.4 Å².